The normalized spacial score (nSPS) is 28.1. The quantitative estimate of drug-likeness (QED) is 0.900. The van der Waals surface area contributed by atoms with Crippen molar-refractivity contribution in [3.8, 4) is 0 Å². The second-order valence-electron chi connectivity index (χ2n) is 7.43. The third-order valence-corrected chi connectivity index (χ3v) is 5.46. The first-order valence-electron chi connectivity index (χ1n) is 8.15. The molecule has 0 aromatic carbocycles. The molecule has 2 rings (SSSR count). The zero-order chi connectivity index (χ0) is 14.9. The van der Waals surface area contributed by atoms with Gasteiger partial charge in [0.05, 0.1) is 6.04 Å². The Balaban J connectivity index is 2.23. The van der Waals surface area contributed by atoms with Gasteiger partial charge in [0.1, 0.15) is 5.82 Å². The van der Waals surface area contributed by atoms with Crippen LogP contribution in [0.5, 0.6) is 0 Å². The molecule has 0 spiro atoms. The van der Waals surface area contributed by atoms with E-state index in [4.69, 9.17) is 5.73 Å². The Bertz CT molecular complexity index is 433. The molecule has 0 bridgehead atoms. The van der Waals surface area contributed by atoms with E-state index in [1.165, 1.54) is 25.1 Å². The van der Waals surface area contributed by atoms with Crippen LogP contribution in [0.25, 0.3) is 0 Å². The topological polar surface area (TPSA) is 43.8 Å². The Kier molecular flexibility index (Phi) is 4.58. The van der Waals surface area contributed by atoms with Gasteiger partial charge < -0.3 is 10.3 Å². The van der Waals surface area contributed by atoms with Crippen LogP contribution in [-0.2, 0) is 0 Å². The van der Waals surface area contributed by atoms with Crippen molar-refractivity contribution in [3.63, 3.8) is 0 Å². The molecule has 1 heterocycles. The maximum Gasteiger partial charge on any atom is 0.111 e. The molecule has 3 nitrogen and oxygen atoms in total. The number of imidazole rings is 1. The summed E-state index contributed by atoms with van der Waals surface area (Å²) in [6.07, 6.45) is 8.88. The van der Waals surface area contributed by atoms with Crippen LogP contribution in [0.1, 0.15) is 78.1 Å². The Morgan fingerprint density at radius 3 is 2.70 bits per heavy atom. The number of aromatic nitrogens is 2. The van der Waals surface area contributed by atoms with Gasteiger partial charge in [-0.25, -0.2) is 4.98 Å². The highest BCUT2D eigenvalue weighted by Gasteiger charge is 2.37. The monoisotopic (exact) mass is 277 g/mol. The highest BCUT2D eigenvalue weighted by Crippen LogP contribution is 2.44. The summed E-state index contributed by atoms with van der Waals surface area (Å²) < 4.78 is 2.35. The number of rotatable bonds is 4. The van der Waals surface area contributed by atoms with Crippen LogP contribution < -0.4 is 5.73 Å². The lowest BCUT2D eigenvalue weighted by Gasteiger charge is -2.43. The van der Waals surface area contributed by atoms with Gasteiger partial charge in [0.15, 0.2) is 0 Å². The van der Waals surface area contributed by atoms with Crippen molar-refractivity contribution in [3.05, 3.63) is 18.2 Å². The molecular weight excluding hydrogens is 246 g/mol. The number of nitrogens with two attached hydrogens (primary N) is 1. The molecule has 3 unspecified atom stereocenters. The van der Waals surface area contributed by atoms with Gasteiger partial charge in [-0.2, -0.15) is 0 Å². The average molecular weight is 277 g/mol. The third kappa shape index (κ3) is 2.93. The first-order valence-corrected chi connectivity index (χ1v) is 8.15. The van der Waals surface area contributed by atoms with E-state index in [9.17, 15) is 0 Å². The molecule has 1 aromatic heterocycles. The smallest absolute Gasteiger partial charge is 0.111 e. The molecule has 3 atom stereocenters. The summed E-state index contributed by atoms with van der Waals surface area (Å²) >= 11 is 0. The molecule has 0 amide bonds. The second kappa shape index (κ2) is 5.88. The van der Waals surface area contributed by atoms with Crippen LogP contribution in [0.4, 0.5) is 0 Å². The van der Waals surface area contributed by atoms with E-state index in [2.05, 4.69) is 50.4 Å². The zero-order valence-electron chi connectivity index (χ0n) is 13.8. The molecule has 1 fully saturated rings. The minimum Gasteiger partial charge on any atom is -0.330 e. The number of hydrogen-bond acceptors (Lipinski definition) is 2. The largest absolute Gasteiger partial charge is 0.330 e. The minimum atomic E-state index is 0.269. The van der Waals surface area contributed by atoms with Gasteiger partial charge in [0.2, 0.25) is 0 Å². The van der Waals surface area contributed by atoms with Crippen LogP contribution in [0, 0.1) is 11.3 Å². The van der Waals surface area contributed by atoms with Gasteiger partial charge in [0, 0.05) is 24.4 Å². The third-order valence-electron chi connectivity index (χ3n) is 5.46. The summed E-state index contributed by atoms with van der Waals surface area (Å²) in [4.78, 5) is 4.54. The van der Waals surface area contributed by atoms with Crippen LogP contribution in [0.3, 0.4) is 0 Å². The van der Waals surface area contributed by atoms with Crippen molar-refractivity contribution in [2.75, 3.05) is 0 Å². The van der Waals surface area contributed by atoms with Gasteiger partial charge in [-0.1, -0.05) is 41.0 Å². The predicted molar refractivity (Wildman–Crippen MR) is 84.7 cm³/mol. The fraction of sp³-hybridized carbons (Fsp3) is 0.824. The lowest BCUT2D eigenvalue weighted by molar-refractivity contribution is 0.110. The maximum absolute atomic E-state index is 6.44. The molecular formula is C17H31N3. The molecule has 1 aromatic rings. The number of hydrogen-bond donors (Lipinski definition) is 1. The van der Waals surface area contributed by atoms with Gasteiger partial charge in [-0.3, -0.25) is 0 Å². The first kappa shape index (κ1) is 15.6. The summed E-state index contributed by atoms with van der Waals surface area (Å²) in [6.45, 7) is 11.5. The Morgan fingerprint density at radius 1 is 1.40 bits per heavy atom. The molecule has 0 saturated heterocycles. The lowest BCUT2D eigenvalue weighted by atomic mass is 9.67. The maximum atomic E-state index is 6.44. The van der Waals surface area contributed by atoms with Crippen molar-refractivity contribution in [2.45, 2.75) is 78.3 Å². The molecule has 1 aliphatic carbocycles. The first-order chi connectivity index (χ1) is 9.36. The SMILES string of the molecule is CCC(C)(C)C1CCC(N)C(n2ccnc2C(C)C)C1. The summed E-state index contributed by atoms with van der Waals surface area (Å²) in [5.41, 5.74) is 6.85. The summed E-state index contributed by atoms with van der Waals surface area (Å²) in [7, 11) is 0. The van der Waals surface area contributed by atoms with Crippen molar-refractivity contribution in [1.82, 2.24) is 9.55 Å². The van der Waals surface area contributed by atoms with Crippen LogP contribution in [0.2, 0.25) is 0 Å². The van der Waals surface area contributed by atoms with Crippen molar-refractivity contribution in [1.29, 1.82) is 0 Å². The highest BCUT2D eigenvalue weighted by molar-refractivity contribution is 5.03. The molecule has 0 aliphatic heterocycles. The van der Waals surface area contributed by atoms with Gasteiger partial charge in [-0.15, -0.1) is 0 Å². The summed E-state index contributed by atoms with van der Waals surface area (Å²) in [5, 5.41) is 0. The summed E-state index contributed by atoms with van der Waals surface area (Å²) in [6, 6.07) is 0.685. The predicted octanol–water partition coefficient (Wildman–Crippen LogP) is 4.11. The molecule has 1 aliphatic rings. The van der Waals surface area contributed by atoms with Crippen LogP contribution >= 0.6 is 0 Å². The minimum absolute atomic E-state index is 0.269. The molecule has 3 heteroatoms. The molecule has 0 radical (unpaired) electrons. The van der Waals surface area contributed by atoms with E-state index in [1.807, 2.05) is 6.20 Å². The summed E-state index contributed by atoms with van der Waals surface area (Å²) in [5.74, 6) is 2.40. The highest BCUT2D eigenvalue weighted by atomic mass is 15.1. The van der Waals surface area contributed by atoms with E-state index in [1.54, 1.807) is 0 Å². The van der Waals surface area contributed by atoms with E-state index in [0.717, 1.165) is 12.3 Å². The van der Waals surface area contributed by atoms with Crippen LogP contribution in [-0.4, -0.2) is 15.6 Å². The van der Waals surface area contributed by atoms with Crippen molar-refractivity contribution >= 4 is 0 Å². The van der Waals surface area contributed by atoms with Gasteiger partial charge >= 0.3 is 0 Å². The Labute approximate surface area is 124 Å². The molecule has 114 valence electrons. The lowest BCUT2D eigenvalue weighted by Crippen LogP contribution is -2.41. The number of nitrogens with zero attached hydrogens (tertiary/aromatic N) is 2. The van der Waals surface area contributed by atoms with E-state index in [-0.39, 0.29) is 6.04 Å². The second-order valence-corrected chi connectivity index (χ2v) is 7.43. The van der Waals surface area contributed by atoms with Gasteiger partial charge in [0.25, 0.3) is 0 Å². The Hall–Kier alpha value is -0.830. The zero-order valence-corrected chi connectivity index (χ0v) is 13.8. The van der Waals surface area contributed by atoms with Crippen molar-refractivity contribution < 1.29 is 0 Å². The fourth-order valence-corrected chi connectivity index (χ4v) is 3.54. The van der Waals surface area contributed by atoms with E-state index in [0.29, 0.717) is 17.4 Å². The van der Waals surface area contributed by atoms with Crippen molar-refractivity contribution in [2.24, 2.45) is 17.1 Å². The average Bonchev–Trinajstić information content (AvgIpc) is 2.88. The van der Waals surface area contributed by atoms with E-state index >= 15 is 0 Å². The Morgan fingerprint density at radius 2 is 2.10 bits per heavy atom. The van der Waals surface area contributed by atoms with Gasteiger partial charge in [-0.05, 0) is 30.6 Å². The van der Waals surface area contributed by atoms with E-state index < -0.39 is 0 Å². The molecule has 20 heavy (non-hydrogen) atoms. The molecule has 1 saturated carbocycles. The standard InChI is InChI=1S/C17H31N3/c1-6-17(4,5)13-7-8-14(18)15(11-13)20-10-9-19-16(20)12(2)3/h9-10,12-15H,6-8,11,18H2,1-5H3. The molecule has 2 N–H and O–H groups in total. The van der Waals surface area contributed by atoms with Crippen LogP contribution in [0.15, 0.2) is 12.4 Å². The fourth-order valence-electron chi connectivity index (χ4n) is 3.54.